The van der Waals surface area contributed by atoms with Crippen molar-refractivity contribution in [3.8, 4) is 17.2 Å². The molecule has 2 heterocycles. The van der Waals surface area contributed by atoms with E-state index in [1.54, 1.807) is 25.4 Å². The second-order valence-electron chi connectivity index (χ2n) is 8.31. The Balaban J connectivity index is 1.42. The van der Waals surface area contributed by atoms with Crippen LogP contribution in [0.3, 0.4) is 0 Å². The van der Waals surface area contributed by atoms with Gasteiger partial charge in [-0.05, 0) is 55.2 Å². The van der Waals surface area contributed by atoms with Crippen molar-refractivity contribution in [3.05, 3.63) is 58.1 Å². The maximum absolute atomic E-state index is 13.1. The highest BCUT2D eigenvalue weighted by Crippen LogP contribution is 2.36. The molecule has 0 saturated heterocycles. The third kappa shape index (κ3) is 3.63. The first-order chi connectivity index (χ1) is 16.5. The first-order valence-corrected chi connectivity index (χ1v) is 11.1. The number of H-pyrrole nitrogens is 1. The number of carbonyl (C=O) groups excluding carboxylic acids is 1. The molecule has 2 N–H and O–H groups in total. The van der Waals surface area contributed by atoms with E-state index in [1.165, 1.54) is 19.8 Å². The molecule has 0 radical (unpaired) electrons. The minimum Gasteiger partial charge on any atom is -0.497 e. The Labute approximate surface area is 195 Å². The van der Waals surface area contributed by atoms with E-state index in [-0.39, 0.29) is 18.5 Å². The van der Waals surface area contributed by atoms with Crippen molar-refractivity contribution in [3.63, 3.8) is 0 Å². The summed E-state index contributed by atoms with van der Waals surface area (Å²) in [6.45, 7) is -0.199. The minimum atomic E-state index is -0.412. The van der Waals surface area contributed by atoms with Crippen molar-refractivity contribution in [1.29, 1.82) is 0 Å². The van der Waals surface area contributed by atoms with Crippen LogP contribution in [0, 0.1) is 0 Å². The van der Waals surface area contributed by atoms with Crippen molar-refractivity contribution < 1.29 is 19.0 Å². The molecule has 0 bridgehead atoms. The van der Waals surface area contributed by atoms with Crippen LogP contribution in [0.5, 0.6) is 17.2 Å². The van der Waals surface area contributed by atoms with Crippen molar-refractivity contribution in [1.82, 2.24) is 20.1 Å². The zero-order valence-electron chi connectivity index (χ0n) is 19.3. The van der Waals surface area contributed by atoms with Gasteiger partial charge in [0, 0.05) is 22.0 Å². The number of aryl methyl sites for hydroxylation is 1. The summed E-state index contributed by atoms with van der Waals surface area (Å²) >= 11 is 0. The van der Waals surface area contributed by atoms with Gasteiger partial charge < -0.3 is 24.5 Å². The number of aromatic amines is 1. The highest BCUT2D eigenvalue weighted by molar-refractivity contribution is 5.90. The summed E-state index contributed by atoms with van der Waals surface area (Å²) in [5.41, 5.74) is 2.81. The number of hydrogen-bond donors (Lipinski definition) is 2. The SMILES string of the molecule is COc1ccc2[nH]c3c(c2c1)CCC[C@H]3NC(=O)Cn1ncc2ccc(OC)c(OC)c2c1=O. The van der Waals surface area contributed by atoms with Gasteiger partial charge in [0.15, 0.2) is 11.5 Å². The highest BCUT2D eigenvalue weighted by atomic mass is 16.5. The summed E-state index contributed by atoms with van der Waals surface area (Å²) < 4.78 is 17.3. The number of rotatable bonds is 6. The zero-order chi connectivity index (χ0) is 23.8. The summed E-state index contributed by atoms with van der Waals surface area (Å²) in [6.07, 6.45) is 4.25. The Kier molecular flexibility index (Phi) is 5.61. The van der Waals surface area contributed by atoms with E-state index < -0.39 is 5.56 Å². The lowest BCUT2D eigenvalue weighted by atomic mass is 9.91. The molecule has 1 atom stereocenters. The van der Waals surface area contributed by atoms with Crippen LogP contribution < -0.4 is 25.1 Å². The minimum absolute atomic E-state index is 0.166. The molecule has 5 rings (SSSR count). The van der Waals surface area contributed by atoms with Crippen LogP contribution in [0.4, 0.5) is 0 Å². The lowest BCUT2D eigenvalue weighted by Crippen LogP contribution is -2.37. The molecule has 9 heteroatoms. The molecule has 0 spiro atoms. The van der Waals surface area contributed by atoms with Crippen LogP contribution in [-0.4, -0.2) is 42.0 Å². The van der Waals surface area contributed by atoms with Gasteiger partial charge in [0.05, 0.1) is 39.0 Å². The molecule has 176 valence electrons. The average Bonchev–Trinajstić information content (AvgIpc) is 3.24. The predicted octanol–water partition coefficient (Wildman–Crippen LogP) is 3.10. The molecule has 2 aromatic heterocycles. The molecular weight excluding hydrogens is 436 g/mol. The van der Waals surface area contributed by atoms with Crippen molar-refractivity contribution >= 4 is 27.6 Å². The molecule has 0 saturated carbocycles. The first kappa shape index (κ1) is 21.8. The fraction of sp³-hybridized carbons (Fsp3) is 0.320. The van der Waals surface area contributed by atoms with Gasteiger partial charge in [0.25, 0.3) is 5.56 Å². The van der Waals surface area contributed by atoms with E-state index in [0.717, 1.165) is 46.3 Å². The summed E-state index contributed by atoms with van der Waals surface area (Å²) in [7, 11) is 4.64. The lowest BCUT2D eigenvalue weighted by Gasteiger charge is -2.24. The molecule has 0 unspecified atom stereocenters. The fourth-order valence-corrected chi connectivity index (χ4v) is 4.79. The number of aromatic nitrogens is 3. The van der Waals surface area contributed by atoms with Gasteiger partial charge in [-0.1, -0.05) is 0 Å². The summed E-state index contributed by atoms with van der Waals surface area (Å²) in [5, 5.41) is 9.33. The van der Waals surface area contributed by atoms with Gasteiger partial charge >= 0.3 is 0 Å². The molecule has 1 aliphatic carbocycles. The Morgan fingerprint density at radius 1 is 1.18 bits per heavy atom. The van der Waals surface area contributed by atoms with E-state index in [2.05, 4.69) is 15.4 Å². The van der Waals surface area contributed by atoms with Gasteiger partial charge in [0.2, 0.25) is 5.91 Å². The van der Waals surface area contributed by atoms with E-state index in [9.17, 15) is 9.59 Å². The van der Waals surface area contributed by atoms with Crippen LogP contribution in [-0.2, 0) is 17.8 Å². The van der Waals surface area contributed by atoms with Crippen LogP contribution >= 0.6 is 0 Å². The third-order valence-electron chi connectivity index (χ3n) is 6.41. The Morgan fingerprint density at radius 3 is 2.79 bits per heavy atom. The maximum atomic E-state index is 13.1. The number of amides is 1. The average molecular weight is 463 g/mol. The van der Waals surface area contributed by atoms with Crippen LogP contribution in [0.25, 0.3) is 21.7 Å². The van der Waals surface area contributed by atoms with Crippen LogP contribution in [0.1, 0.15) is 30.1 Å². The standard InChI is InChI=1S/C25H26N4O5/c1-32-15-8-9-18-17(11-15)16-5-4-6-19(23(16)28-18)27-21(30)13-29-25(31)22-14(12-26-29)7-10-20(33-2)24(22)34-3/h7-12,19,28H,4-6,13H2,1-3H3,(H,27,30)/t19-/m1/s1. The second-order valence-corrected chi connectivity index (χ2v) is 8.31. The topological polar surface area (TPSA) is 107 Å². The number of ether oxygens (including phenoxy) is 3. The largest absolute Gasteiger partial charge is 0.497 e. The summed E-state index contributed by atoms with van der Waals surface area (Å²) in [5.74, 6) is 1.28. The number of nitrogens with zero attached hydrogens (tertiary/aromatic N) is 2. The van der Waals surface area contributed by atoms with Crippen molar-refractivity contribution in [2.75, 3.05) is 21.3 Å². The molecule has 2 aromatic carbocycles. The molecule has 34 heavy (non-hydrogen) atoms. The van der Waals surface area contributed by atoms with E-state index in [4.69, 9.17) is 14.2 Å². The predicted molar refractivity (Wildman–Crippen MR) is 128 cm³/mol. The van der Waals surface area contributed by atoms with Crippen molar-refractivity contribution in [2.24, 2.45) is 0 Å². The summed E-state index contributed by atoms with van der Waals surface area (Å²) in [4.78, 5) is 29.6. The summed E-state index contributed by atoms with van der Waals surface area (Å²) in [6, 6.07) is 9.22. The Morgan fingerprint density at radius 2 is 2.03 bits per heavy atom. The van der Waals surface area contributed by atoms with Gasteiger partial charge in [-0.3, -0.25) is 9.59 Å². The van der Waals surface area contributed by atoms with Crippen LogP contribution in [0.15, 0.2) is 41.3 Å². The maximum Gasteiger partial charge on any atom is 0.279 e. The molecule has 1 amide bonds. The van der Waals surface area contributed by atoms with Crippen molar-refractivity contribution in [2.45, 2.75) is 31.8 Å². The van der Waals surface area contributed by atoms with Gasteiger partial charge in [0.1, 0.15) is 12.3 Å². The number of methoxy groups -OCH3 is 3. The first-order valence-electron chi connectivity index (χ1n) is 11.1. The number of nitrogens with one attached hydrogen (secondary N) is 2. The quantitative estimate of drug-likeness (QED) is 0.456. The molecule has 0 aliphatic heterocycles. The molecule has 1 aliphatic rings. The molecular formula is C25H26N4O5. The van der Waals surface area contributed by atoms with E-state index in [0.29, 0.717) is 22.3 Å². The fourth-order valence-electron chi connectivity index (χ4n) is 4.79. The highest BCUT2D eigenvalue weighted by Gasteiger charge is 2.26. The van der Waals surface area contributed by atoms with Gasteiger partial charge in [-0.25, -0.2) is 4.68 Å². The van der Waals surface area contributed by atoms with Crippen LogP contribution in [0.2, 0.25) is 0 Å². The van der Waals surface area contributed by atoms with E-state index >= 15 is 0 Å². The molecule has 9 nitrogen and oxygen atoms in total. The molecule has 0 fully saturated rings. The van der Waals surface area contributed by atoms with Gasteiger partial charge in [-0.2, -0.15) is 5.10 Å². The van der Waals surface area contributed by atoms with E-state index in [1.807, 2.05) is 18.2 Å². The smallest absolute Gasteiger partial charge is 0.279 e. The Bertz CT molecular complexity index is 1460. The molecule has 4 aromatic rings. The van der Waals surface area contributed by atoms with Gasteiger partial charge in [-0.15, -0.1) is 0 Å². The number of carbonyl (C=O) groups is 1. The normalized spacial score (nSPS) is 15.2. The number of fused-ring (bicyclic) bond motifs is 4. The Hall–Kier alpha value is -4.01. The zero-order valence-corrected chi connectivity index (χ0v) is 19.3. The monoisotopic (exact) mass is 462 g/mol. The third-order valence-corrected chi connectivity index (χ3v) is 6.41. The lowest BCUT2D eigenvalue weighted by molar-refractivity contribution is -0.122. The second kappa shape index (κ2) is 8.74. The number of hydrogen-bond acceptors (Lipinski definition) is 6. The number of benzene rings is 2.